The van der Waals surface area contributed by atoms with Crippen molar-refractivity contribution < 1.29 is 4.84 Å². The average molecular weight is 298 g/mol. The highest BCUT2D eigenvalue weighted by molar-refractivity contribution is 7.58. The smallest absolute Gasteiger partial charge is 0.197 e. The molecule has 1 aromatic carbocycles. The van der Waals surface area contributed by atoms with Gasteiger partial charge in [0.05, 0.1) is 0 Å². The van der Waals surface area contributed by atoms with Crippen molar-refractivity contribution >= 4 is 7.51 Å². The van der Waals surface area contributed by atoms with Crippen LogP contribution in [0.25, 0.3) is 0 Å². The van der Waals surface area contributed by atoms with Crippen LogP contribution in [0.3, 0.4) is 0 Å². The zero-order valence-corrected chi connectivity index (χ0v) is 14.6. The molecular formula is C14H27N4OP. The SMILES string of the molecule is Cc1ccccc1CON=P(N(C)C)(N(C)C)N(C)C. The fourth-order valence-corrected chi connectivity index (χ4v) is 5.04. The molecule has 0 spiro atoms. The Morgan fingerprint density at radius 1 is 0.950 bits per heavy atom. The minimum absolute atomic E-state index is 0.504. The second kappa shape index (κ2) is 7.34. The van der Waals surface area contributed by atoms with Gasteiger partial charge in [-0.25, -0.2) is 4.84 Å². The number of benzene rings is 1. The van der Waals surface area contributed by atoms with E-state index in [4.69, 9.17) is 4.84 Å². The van der Waals surface area contributed by atoms with Gasteiger partial charge in [-0.1, -0.05) is 24.3 Å². The molecule has 0 saturated heterocycles. The Balaban J connectivity index is 2.97. The van der Waals surface area contributed by atoms with Crippen LogP contribution in [0.2, 0.25) is 0 Å². The van der Waals surface area contributed by atoms with E-state index < -0.39 is 7.51 Å². The van der Waals surface area contributed by atoms with Crippen molar-refractivity contribution in [3.05, 3.63) is 35.4 Å². The normalized spacial score (nSPS) is 12.5. The highest BCUT2D eigenvalue weighted by atomic mass is 31.2. The van der Waals surface area contributed by atoms with Crippen LogP contribution in [0.1, 0.15) is 11.1 Å². The van der Waals surface area contributed by atoms with E-state index in [0.29, 0.717) is 6.61 Å². The molecule has 0 fully saturated rings. The third-order valence-electron chi connectivity index (χ3n) is 3.26. The van der Waals surface area contributed by atoms with Gasteiger partial charge in [-0.15, -0.1) is 4.91 Å². The van der Waals surface area contributed by atoms with Gasteiger partial charge in [0, 0.05) is 0 Å². The maximum Gasteiger partial charge on any atom is 0.197 e. The van der Waals surface area contributed by atoms with Gasteiger partial charge in [0.1, 0.15) is 6.61 Å². The predicted molar refractivity (Wildman–Crippen MR) is 86.4 cm³/mol. The lowest BCUT2D eigenvalue weighted by Gasteiger charge is -2.39. The van der Waals surface area contributed by atoms with E-state index in [0.717, 1.165) is 0 Å². The van der Waals surface area contributed by atoms with Gasteiger partial charge in [-0.3, -0.25) is 14.0 Å². The van der Waals surface area contributed by atoms with Gasteiger partial charge in [0.2, 0.25) is 0 Å². The van der Waals surface area contributed by atoms with E-state index in [-0.39, 0.29) is 0 Å². The maximum absolute atomic E-state index is 5.70. The van der Waals surface area contributed by atoms with Crippen LogP contribution in [-0.4, -0.2) is 56.3 Å². The molecule has 1 rings (SSSR count). The molecule has 0 bridgehead atoms. The summed E-state index contributed by atoms with van der Waals surface area (Å²) in [5, 5.41) is 0. The lowest BCUT2D eigenvalue weighted by atomic mass is 10.1. The minimum Gasteiger partial charge on any atom is -0.250 e. The van der Waals surface area contributed by atoms with Crippen molar-refractivity contribution in [2.24, 2.45) is 4.91 Å². The monoisotopic (exact) mass is 298 g/mol. The third-order valence-corrected chi connectivity index (χ3v) is 6.81. The summed E-state index contributed by atoms with van der Waals surface area (Å²) in [5.74, 6) is 0. The first kappa shape index (κ1) is 17.3. The second-order valence-corrected chi connectivity index (χ2v) is 9.00. The van der Waals surface area contributed by atoms with Crippen LogP contribution in [0.15, 0.2) is 29.2 Å². The molecular weight excluding hydrogens is 271 g/mol. The Morgan fingerprint density at radius 2 is 1.45 bits per heavy atom. The first-order chi connectivity index (χ1) is 9.32. The van der Waals surface area contributed by atoms with Crippen molar-refractivity contribution in [1.82, 2.24) is 14.0 Å². The van der Waals surface area contributed by atoms with Crippen LogP contribution in [0.4, 0.5) is 0 Å². The van der Waals surface area contributed by atoms with E-state index in [1.807, 2.05) is 54.4 Å². The van der Waals surface area contributed by atoms with Gasteiger partial charge in [0.25, 0.3) is 0 Å². The molecule has 0 N–H and O–H groups in total. The Bertz CT molecular complexity index is 457. The van der Waals surface area contributed by atoms with E-state index in [1.54, 1.807) is 0 Å². The van der Waals surface area contributed by atoms with Gasteiger partial charge in [-0.05, 0) is 60.3 Å². The number of aryl methyl sites for hydroxylation is 1. The highest BCUT2D eigenvalue weighted by Crippen LogP contribution is 2.54. The molecule has 0 aliphatic rings. The molecule has 0 saturated carbocycles. The van der Waals surface area contributed by atoms with Crippen LogP contribution in [0.5, 0.6) is 0 Å². The molecule has 5 nitrogen and oxygen atoms in total. The summed E-state index contributed by atoms with van der Waals surface area (Å²) in [4.78, 5) is 10.3. The van der Waals surface area contributed by atoms with Crippen molar-refractivity contribution in [2.75, 3.05) is 42.3 Å². The molecule has 0 radical (unpaired) electrons. The molecule has 114 valence electrons. The number of hydrogen-bond acceptors (Lipinski definition) is 2. The van der Waals surface area contributed by atoms with E-state index in [9.17, 15) is 0 Å². The van der Waals surface area contributed by atoms with E-state index >= 15 is 0 Å². The topological polar surface area (TPSA) is 31.3 Å². The van der Waals surface area contributed by atoms with Crippen LogP contribution in [-0.2, 0) is 11.4 Å². The summed E-state index contributed by atoms with van der Waals surface area (Å²) >= 11 is 0. The molecule has 0 atom stereocenters. The minimum atomic E-state index is -1.96. The molecule has 1 aromatic rings. The van der Waals surface area contributed by atoms with Crippen molar-refractivity contribution in [1.29, 1.82) is 0 Å². The predicted octanol–water partition coefficient (Wildman–Crippen LogP) is 3.06. The summed E-state index contributed by atoms with van der Waals surface area (Å²) in [6, 6.07) is 8.22. The molecule has 0 heterocycles. The number of nitrogens with zero attached hydrogens (tertiary/aromatic N) is 4. The Kier molecular flexibility index (Phi) is 6.37. The third kappa shape index (κ3) is 3.68. The van der Waals surface area contributed by atoms with E-state index in [1.165, 1.54) is 11.1 Å². The molecule has 0 aliphatic carbocycles. The molecule has 0 amide bonds. The fraction of sp³-hybridized carbons (Fsp3) is 0.571. The molecule has 0 unspecified atom stereocenters. The molecule has 0 aliphatic heterocycles. The Hall–Kier alpha value is -0.710. The highest BCUT2D eigenvalue weighted by Gasteiger charge is 2.29. The largest absolute Gasteiger partial charge is 0.250 e. The standard InChI is InChI=1S/C14H27N4OP/c1-13-10-8-9-11-14(13)12-19-15-20(16(2)3,17(4)5)18(6)7/h8-11H,12H2,1-7H3. The van der Waals surface area contributed by atoms with Crippen molar-refractivity contribution in [2.45, 2.75) is 13.5 Å². The van der Waals surface area contributed by atoms with Gasteiger partial charge in [0.15, 0.2) is 7.51 Å². The Morgan fingerprint density at radius 3 is 1.90 bits per heavy atom. The van der Waals surface area contributed by atoms with Crippen LogP contribution >= 0.6 is 7.51 Å². The number of rotatable bonds is 6. The zero-order chi connectivity index (χ0) is 15.3. The lowest BCUT2D eigenvalue weighted by Crippen LogP contribution is -2.30. The first-order valence-electron chi connectivity index (χ1n) is 6.64. The summed E-state index contributed by atoms with van der Waals surface area (Å²) in [5.41, 5.74) is 2.40. The summed E-state index contributed by atoms with van der Waals surface area (Å²) < 4.78 is 6.39. The van der Waals surface area contributed by atoms with Crippen LogP contribution in [0, 0.1) is 6.92 Å². The fourth-order valence-electron chi connectivity index (χ4n) is 2.24. The quantitative estimate of drug-likeness (QED) is 0.597. The van der Waals surface area contributed by atoms with E-state index in [2.05, 4.69) is 38.0 Å². The average Bonchev–Trinajstić information content (AvgIpc) is 2.35. The Labute approximate surface area is 123 Å². The number of hydrogen-bond donors (Lipinski definition) is 0. The van der Waals surface area contributed by atoms with Gasteiger partial charge < -0.3 is 0 Å². The van der Waals surface area contributed by atoms with Gasteiger partial charge >= 0.3 is 0 Å². The summed E-state index contributed by atoms with van der Waals surface area (Å²) in [6.45, 7) is 2.59. The van der Waals surface area contributed by atoms with Crippen molar-refractivity contribution in [3.8, 4) is 0 Å². The molecule has 0 aromatic heterocycles. The lowest BCUT2D eigenvalue weighted by molar-refractivity contribution is 0.128. The molecule has 20 heavy (non-hydrogen) atoms. The van der Waals surface area contributed by atoms with Crippen LogP contribution < -0.4 is 0 Å². The van der Waals surface area contributed by atoms with Crippen molar-refractivity contribution in [3.63, 3.8) is 0 Å². The summed E-state index contributed by atoms with van der Waals surface area (Å²) in [7, 11) is 10.3. The summed E-state index contributed by atoms with van der Waals surface area (Å²) in [6.07, 6.45) is 0. The molecule has 6 heteroatoms. The zero-order valence-electron chi connectivity index (χ0n) is 13.7. The first-order valence-corrected chi connectivity index (χ1v) is 8.24. The maximum atomic E-state index is 5.70. The van der Waals surface area contributed by atoms with Gasteiger partial charge in [-0.2, -0.15) is 0 Å². The second-order valence-electron chi connectivity index (χ2n) is 5.36.